The Labute approximate surface area is 182 Å². The number of rotatable bonds is 5. The number of nitrogens with zero attached hydrogens (tertiary/aromatic N) is 4. The van der Waals surface area contributed by atoms with Crippen molar-refractivity contribution >= 4 is 17.5 Å². The number of anilines is 2. The predicted octanol–water partition coefficient (Wildman–Crippen LogP) is 3.42. The van der Waals surface area contributed by atoms with Gasteiger partial charge in [0.1, 0.15) is 5.76 Å². The largest absolute Gasteiger partial charge is 0.467 e. The maximum atomic E-state index is 13.0. The molecule has 0 spiro atoms. The Kier molecular flexibility index (Phi) is 5.32. The summed E-state index contributed by atoms with van der Waals surface area (Å²) in [6, 6.07) is 12.6. The lowest BCUT2D eigenvalue weighted by atomic mass is 10.0. The van der Waals surface area contributed by atoms with Crippen LogP contribution in [0.25, 0.3) is 0 Å². The third-order valence-corrected chi connectivity index (χ3v) is 6.32. The van der Waals surface area contributed by atoms with E-state index in [2.05, 4.69) is 56.3 Å². The Morgan fingerprint density at radius 3 is 2.71 bits per heavy atom. The second-order valence-electron chi connectivity index (χ2n) is 8.35. The summed E-state index contributed by atoms with van der Waals surface area (Å²) < 4.78 is 5.75. The number of hydrogen-bond acceptors (Lipinski definition) is 6. The molecule has 7 heteroatoms. The summed E-state index contributed by atoms with van der Waals surface area (Å²) in [6.07, 6.45) is 7.89. The molecule has 1 amide bonds. The second kappa shape index (κ2) is 8.41. The summed E-state index contributed by atoms with van der Waals surface area (Å²) in [7, 11) is 0. The first-order chi connectivity index (χ1) is 15.2. The van der Waals surface area contributed by atoms with Crippen molar-refractivity contribution in [3.63, 3.8) is 0 Å². The fourth-order valence-corrected chi connectivity index (χ4v) is 4.63. The lowest BCUT2D eigenvalue weighted by molar-refractivity contribution is 0.0929. The van der Waals surface area contributed by atoms with Gasteiger partial charge in [0.25, 0.3) is 5.91 Å². The molecule has 2 aromatic heterocycles. The fourth-order valence-electron chi connectivity index (χ4n) is 4.63. The molecule has 1 atom stereocenters. The van der Waals surface area contributed by atoms with Gasteiger partial charge < -0.3 is 19.5 Å². The summed E-state index contributed by atoms with van der Waals surface area (Å²) in [5, 5.41) is 3.20. The molecular formula is C24H27N5O2. The van der Waals surface area contributed by atoms with E-state index in [0.29, 0.717) is 18.2 Å². The fraction of sp³-hybridized carbons (Fsp3) is 0.375. The predicted molar refractivity (Wildman–Crippen MR) is 119 cm³/mol. The lowest BCUT2D eigenvalue weighted by Gasteiger charge is -2.32. The molecule has 160 valence electrons. The first-order valence-electron chi connectivity index (χ1n) is 10.9. The molecule has 0 bridgehead atoms. The Morgan fingerprint density at radius 1 is 1.13 bits per heavy atom. The minimum atomic E-state index is -0.0571. The van der Waals surface area contributed by atoms with Gasteiger partial charge in [0, 0.05) is 43.3 Å². The molecule has 0 saturated carbocycles. The zero-order chi connectivity index (χ0) is 21.2. The highest BCUT2D eigenvalue weighted by molar-refractivity contribution is 5.95. The molecule has 1 aromatic carbocycles. The SMILES string of the molecule is CC1Cc2ccccc2N1Cc1occc1C(=O)NC1CCN(c2ncccn2)CC1. The van der Waals surface area contributed by atoms with Crippen molar-refractivity contribution in [3.8, 4) is 0 Å². The van der Waals surface area contributed by atoms with Crippen LogP contribution in [0, 0.1) is 0 Å². The van der Waals surface area contributed by atoms with Gasteiger partial charge >= 0.3 is 0 Å². The smallest absolute Gasteiger partial charge is 0.255 e. The minimum Gasteiger partial charge on any atom is -0.467 e. The van der Waals surface area contributed by atoms with Gasteiger partial charge in [0.2, 0.25) is 5.95 Å². The van der Waals surface area contributed by atoms with Crippen molar-refractivity contribution in [1.29, 1.82) is 0 Å². The van der Waals surface area contributed by atoms with Gasteiger partial charge in [0.15, 0.2) is 0 Å². The van der Waals surface area contributed by atoms with Crippen molar-refractivity contribution in [2.75, 3.05) is 22.9 Å². The third-order valence-electron chi connectivity index (χ3n) is 6.32. The van der Waals surface area contributed by atoms with Crippen LogP contribution >= 0.6 is 0 Å². The van der Waals surface area contributed by atoms with Crippen molar-refractivity contribution in [2.45, 2.75) is 44.8 Å². The normalized spacial score (nSPS) is 18.8. The van der Waals surface area contributed by atoms with Gasteiger partial charge in [-0.2, -0.15) is 0 Å². The van der Waals surface area contributed by atoms with Gasteiger partial charge in [-0.05, 0) is 49.9 Å². The molecule has 2 aliphatic heterocycles. The highest BCUT2D eigenvalue weighted by Gasteiger charge is 2.29. The number of para-hydroxylation sites is 1. The van der Waals surface area contributed by atoms with E-state index in [1.165, 1.54) is 11.3 Å². The molecule has 7 nitrogen and oxygen atoms in total. The third kappa shape index (κ3) is 4.00. The number of hydrogen-bond donors (Lipinski definition) is 1. The highest BCUT2D eigenvalue weighted by Crippen LogP contribution is 2.33. The summed E-state index contributed by atoms with van der Waals surface area (Å²) in [6.45, 7) is 4.47. The molecule has 3 aromatic rings. The number of piperidine rings is 1. The van der Waals surface area contributed by atoms with E-state index in [4.69, 9.17) is 4.42 Å². The first kappa shape index (κ1) is 19.6. The van der Waals surface area contributed by atoms with E-state index < -0.39 is 0 Å². The number of nitrogens with one attached hydrogen (secondary N) is 1. The molecule has 1 saturated heterocycles. The number of benzene rings is 1. The molecular weight excluding hydrogens is 390 g/mol. The zero-order valence-corrected chi connectivity index (χ0v) is 17.7. The molecule has 1 unspecified atom stereocenters. The maximum Gasteiger partial charge on any atom is 0.255 e. The molecule has 4 heterocycles. The lowest BCUT2D eigenvalue weighted by Crippen LogP contribution is -2.45. The number of amides is 1. The van der Waals surface area contributed by atoms with Crippen LogP contribution in [-0.2, 0) is 13.0 Å². The molecule has 5 rings (SSSR count). The quantitative estimate of drug-likeness (QED) is 0.686. The summed E-state index contributed by atoms with van der Waals surface area (Å²) >= 11 is 0. The van der Waals surface area contributed by atoms with Crippen LogP contribution in [0.15, 0.2) is 59.5 Å². The van der Waals surface area contributed by atoms with Crippen LogP contribution in [0.3, 0.4) is 0 Å². The van der Waals surface area contributed by atoms with Gasteiger partial charge in [-0.15, -0.1) is 0 Å². The second-order valence-corrected chi connectivity index (χ2v) is 8.35. The molecule has 1 fully saturated rings. The van der Waals surface area contributed by atoms with Crippen molar-refractivity contribution in [1.82, 2.24) is 15.3 Å². The van der Waals surface area contributed by atoms with Gasteiger partial charge in [-0.25, -0.2) is 9.97 Å². The summed E-state index contributed by atoms with van der Waals surface area (Å²) in [5.74, 6) is 1.42. The van der Waals surface area contributed by atoms with Crippen molar-refractivity contribution in [2.24, 2.45) is 0 Å². The Bertz CT molecular complexity index is 1040. The van der Waals surface area contributed by atoms with E-state index in [1.807, 2.05) is 6.07 Å². The van der Waals surface area contributed by atoms with Crippen LogP contribution in [0.4, 0.5) is 11.6 Å². The maximum absolute atomic E-state index is 13.0. The Balaban J connectivity index is 1.22. The number of carbonyl (C=O) groups is 1. The van der Waals surface area contributed by atoms with E-state index in [-0.39, 0.29) is 11.9 Å². The number of furan rings is 1. The van der Waals surface area contributed by atoms with E-state index in [1.54, 1.807) is 24.7 Å². The van der Waals surface area contributed by atoms with E-state index in [0.717, 1.165) is 44.1 Å². The average molecular weight is 418 g/mol. The Morgan fingerprint density at radius 2 is 1.90 bits per heavy atom. The molecule has 0 radical (unpaired) electrons. The van der Waals surface area contributed by atoms with Crippen LogP contribution in [0.5, 0.6) is 0 Å². The van der Waals surface area contributed by atoms with Crippen molar-refractivity contribution < 1.29 is 9.21 Å². The minimum absolute atomic E-state index is 0.0571. The van der Waals surface area contributed by atoms with E-state index in [9.17, 15) is 4.79 Å². The van der Waals surface area contributed by atoms with Gasteiger partial charge in [-0.3, -0.25) is 4.79 Å². The van der Waals surface area contributed by atoms with Gasteiger partial charge in [0.05, 0.1) is 18.4 Å². The highest BCUT2D eigenvalue weighted by atomic mass is 16.3. The number of aromatic nitrogens is 2. The average Bonchev–Trinajstić information content (AvgIpc) is 3.39. The Hall–Kier alpha value is -3.35. The first-order valence-corrected chi connectivity index (χ1v) is 10.9. The van der Waals surface area contributed by atoms with E-state index >= 15 is 0 Å². The number of fused-ring (bicyclic) bond motifs is 1. The zero-order valence-electron chi connectivity index (χ0n) is 17.7. The van der Waals surface area contributed by atoms with Gasteiger partial charge in [-0.1, -0.05) is 18.2 Å². The van der Waals surface area contributed by atoms with Crippen LogP contribution in [-0.4, -0.2) is 41.0 Å². The summed E-state index contributed by atoms with van der Waals surface area (Å²) in [5.41, 5.74) is 3.21. The molecule has 31 heavy (non-hydrogen) atoms. The van der Waals surface area contributed by atoms with Crippen LogP contribution < -0.4 is 15.1 Å². The monoisotopic (exact) mass is 417 g/mol. The standard InChI is InChI=1S/C24H27N5O2/c1-17-15-18-5-2-3-6-21(18)29(17)16-22-20(9-14-31-22)23(30)27-19-7-12-28(13-8-19)24-25-10-4-11-26-24/h2-6,9-11,14,17,19H,7-8,12-13,15-16H2,1H3,(H,27,30). The topological polar surface area (TPSA) is 74.5 Å². The molecule has 2 aliphatic rings. The van der Waals surface area contributed by atoms with Crippen molar-refractivity contribution in [3.05, 3.63) is 71.9 Å². The van der Waals surface area contributed by atoms with Crippen LogP contribution in [0.2, 0.25) is 0 Å². The summed E-state index contributed by atoms with van der Waals surface area (Å²) in [4.78, 5) is 26.2. The number of carbonyl (C=O) groups excluding carboxylic acids is 1. The molecule has 0 aliphatic carbocycles. The molecule has 1 N–H and O–H groups in total. The van der Waals surface area contributed by atoms with Crippen LogP contribution in [0.1, 0.15) is 41.4 Å².